The molecule has 0 atom stereocenters. The Morgan fingerprint density at radius 2 is 2.00 bits per heavy atom. The number of nitrogens with zero attached hydrogens (tertiary/aromatic N) is 3. The molecule has 0 aromatic carbocycles. The van der Waals surface area contributed by atoms with E-state index in [-0.39, 0.29) is 11.4 Å². The van der Waals surface area contributed by atoms with Gasteiger partial charge in [-0.15, -0.1) is 0 Å². The first-order chi connectivity index (χ1) is 10.5. The number of aliphatic carboxylic acids is 1. The molecule has 0 aliphatic carbocycles. The Labute approximate surface area is 124 Å². The lowest BCUT2D eigenvalue weighted by Gasteiger charge is -2.29. The fraction of sp³-hybridized carbons (Fsp3) is 0.538. The maximum Gasteiger partial charge on any atom is 0.330 e. The fourth-order valence-corrected chi connectivity index (χ4v) is 2.81. The van der Waals surface area contributed by atoms with Gasteiger partial charge in [0.1, 0.15) is 0 Å². The lowest BCUT2D eigenvalue weighted by atomic mass is 9.97. The zero-order valence-corrected chi connectivity index (χ0v) is 12.1. The Bertz CT molecular complexity index is 825. The standard InChI is InChI=1S/C13H17N5O4/c1-2-18-9-8(10(19)16-13(18)22)14-12(15-9)17-5-3-7(4-6-17)11(20)21/h7H,2-6H2,1H3,(H,14,15)(H,20,21)(H,16,19,22). The summed E-state index contributed by atoms with van der Waals surface area (Å²) in [5.41, 5.74) is -0.394. The summed E-state index contributed by atoms with van der Waals surface area (Å²) in [6, 6.07) is 0. The highest BCUT2D eigenvalue weighted by atomic mass is 16.4. The number of nitrogens with one attached hydrogen (secondary N) is 2. The minimum absolute atomic E-state index is 0.261. The minimum Gasteiger partial charge on any atom is -0.481 e. The molecule has 3 heterocycles. The summed E-state index contributed by atoms with van der Waals surface area (Å²) in [4.78, 5) is 46.1. The molecule has 0 saturated carbocycles. The van der Waals surface area contributed by atoms with Crippen LogP contribution in [0.15, 0.2) is 9.59 Å². The van der Waals surface area contributed by atoms with Gasteiger partial charge in [0.05, 0.1) is 5.92 Å². The second-order valence-corrected chi connectivity index (χ2v) is 5.36. The molecule has 118 valence electrons. The van der Waals surface area contributed by atoms with Crippen LogP contribution in [0.25, 0.3) is 11.2 Å². The molecule has 2 aromatic heterocycles. The first kappa shape index (κ1) is 14.4. The summed E-state index contributed by atoms with van der Waals surface area (Å²) in [5, 5.41) is 9.02. The first-order valence-corrected chi connectivity index (χ1v) is 7.21. The highest BCUT2D eigenvalue weighted by Gasteiger charge is 2.26. The predicted molar refractivity (Wildman–Crippen MR) is 79.2 cm³/mol. The lowest BCUT2D eigenvalue weighted by molar-refractivity contribution is -0.142. The molecule has 3 N–H and O–H groups in total. The quantitative estimate of drug-likeness (QED) is 0.717. The molecule has 1 fully saturated rings. The van der Waals surface area contributed by atoms with Crippen molar-refractivity contribution >= 4 is 23.1 Å². The molecule has 22 heavy (non-hydrogen) atoms. The zero-order chi connectivity index (χ0) is 15.9. The van der Waals surface area contributed by atoms with E-state index < -0.39 is 17.2 Å². The summed E-state index contributed by atoms with van der Waals surface area (Å²) >= 11 is 0. The van der Waals surface area contributed by atoms with Crippen LogP contribution in [-0.2, 0) is 11.3 Å². The van der Waals surface area contributed by atoms with Gasteiger partial charge >= 0.3 is 11.7 Å². The van der Waals surface area contributed by atoms with E-state index in [9.17, 15) is 14.4 Å². The SMILES string of the molecule is CCn1c(=O)[nH]c(=O)c2[nH]c(N3CCC(C(=O)O)CC3)nc21. The Morgan fingerprint density at radius 1 is 1.32 bits per heavy atom. The number of aromatic amines is 2. The lowest BCUT2D eigenvalue weighted by Crippen LogP contribution is -2.36. The summed E-state index contributed by atoms with van der Waals surface area (Å²) in [5.74, 6) is -0.615. The molecule has 0 amide bonds. The van der Waals surface area contributed by atoms with Gasteiger partial charge in [-0.25, -0.2) is 4.79 Å². The second kappa shape index (κ2) is 5.32. The Hall–Kier alpha value is -2.58. The zero-order valence-electron chi connectivity index (χ0n) is 12.1. The number of hydrogen-bond donors (Lipinski definition) is 3. The van der Waals surface area contributed by atoms with Crippen molar-refractivity contribution in [3.63, 3.8) is 0 Å². The van der Waals surface area contributed by atoms with E-state index in [0.29, 0.717) is 44.1 Å². The highest BCUT2D eigenvalue weighted by Crippen LogP contribution is 2.22. The molecule has 0 radical (unpaired) electrons. The average molecular weight is 307 g/mol. The number of carbonyl (C=O) groups is 1. The summed E-state index contributed by atoms with van der Waals surface area (Å²) in [7, 11) is 0. The Morgan fingerprint density at radius 3 is 2.59 bits per heavy atom. The second-order valence-electron chi connectivity index (χ2n) is 5.36. The predicted octanol–water partition coefficient (Wildman–Crippen LogP) is -0.266. The summed E-state index contributed by atoms with van der Waals surface area (Å²) in [6.07, 6.45) is 1.06. The van der Waals surface area contributed by atoms with Crippen LogP contribution in [0.5, 0.6) is 0 Å². The van der Waals surface area contributed by atoms with Crippen molar-refractivity contribution in [2.24, 2.45) is 5.92 Å². The number of rotatable bonds is 3. The summed E-state index contributed by atoms with van der Waals surface area (Å²) < 4.78 is 1.39. The number of imidazole rings is 1. The molecule has 1 saturated heterocycles. The van der Waals surface area contributed by atoms with Crippen LogP contribution >= 0.6 is 0 Å². The number of fused-ring (bicyclic) bond motifs is 1. The number of carboxylic acids is 1. The third kappa shape index (κ3) is 2.28. The molecule has 1 aliphatic rings. The van der Waals surface area contributed by atoms with E-state index in [1.807, 2.05) is 4.90 Å². The van der Waals surface area contributed by atoms with Gasteiger partial charge in [0.25, 0.3) is 5.56 Å². The van der Waals surface area contributed by atoms with Crippen LogP contribution in [0.3, 0.4) is 0 Å². The van der Waals surface area contributed by atoms with Gasteiger partial charge in [-0.05, 0) is 19.8 Å². The number of aromatic nitrogens is 4. The first-order valence-electron chi connectivity index (χ1n) is 7.21. The molecule has 0 unspecified atom stereocenters. The number of anilines is 1. The van der Waals surface area contributed by atoms with E-state index >= 15 is 0 Å². The van der Waals surface area contributed by atoms with E-state index in [1.165, 1.54) is 4.57 Å². The maximum atomic E-state index is 11.9. The van der Waals surface area contributed by atoms with Crippen molar-refractivity contribution in [1.82, 2.24) is 19.5 Å². The Balaban J connectivity index is 1.97. The molecule has 0 bridgehead atoms. The van der Waals surface area contributed by atoms with Crippen LogP contribution in [0.2, 0.25) is 0 Å². The third-order valence-corrected chi connectivity index (χ3v) is 4.08. The van der Waals surface area contributed by atoms with Gasteiger partial charge < -0.3 is 15.0 Å². The van der Waals surface area contributed by atoms with Crippen molar-refractivity contribution in [1.29, 1.82) is 0 Å². The van der Waals surface area contributed by atoms with Gasteiger partial charge in [0, 0.05) is 19.6 Å². The normalized spacial score (nSPS) is 16.3. The molecular formula is C13H17N5O4. The van der Waals surface area contributed by atoms with Gasteiger partial charge in [0.2, 0.25) is 5.95 Å². The van der Waals surface area contributed by atoms with Crippen LogP contribution in [0, 0.1) is 5.92 Å². The van der Waals surface area contributed by atoms with E-state index in [2.05, 4.69) is 15.0 Å². The van der Waals surface area contributed by atoms with Gasteiger partial charge in [-0.3, -0.25) is 19.1 Å². The van der Waals surface area contributed by atoms with Crippen molar-refractivity contribution in [2.45, 2.75) is 26.3 Å². The number of H-pyrrole nitrogens is 2. The molecule has 1 aliphatic heterocycles. The molecule has 2 aromatic rings. The van der Waals surface area contributed by atoms with Crippen LogP contribution in [0.4, 0.5) is 5.95 Å². The molecular weight excluding hydrogens is 290 g/mol. The van der Waals surface area contributed by atoms with Crippen LogP contribution < -0.4 is 16.1 Å². The molecule has 3 rings (SSSR count). The number of piperidine rings is 1. The van der Waals surface area contributed by atoms with Gasteiger partial charge in [-0.1, -0.05) is 0 Å². The van der Waals surface area contributed by atoms with E-state index in [1.54, 1.807) is 6.92 Å². The molecule has 0 spiro atoms. The van der Waals surface area contributed by atoms with Gasteiger partial charge in [0.15, 0.2) is 11.2 Å². The monoisotopic (exact) mass is 307 g/mol. The third-order valence-electron chi connectivity index (χ3n) is 4.08. The van der Waals surface area contributed by atoms with E-state index in [4.69, 9.17) is 5.11 Å². The highest BCUT2D eigenvalue weighted by molar-refractivity contribution is 5.73. The average Bonchev–Trinajstić information content (AvgIpc) is 2.93. The number of carboxylic acid groups (broad SMARTS) is 1. The topological polar surface area (TPSA) is 124 Å². The number of aryl methyl sites for hydroxylation is 1. The number of hydrogen-bond acceptors (Lipinski definition) is 5. The Kier molecular flexibility index (Phi) is 3.47. The fourth-order valence-electron chi connectivity index (χ4n) is 2.81. The maximum absolute atomic E-state index is 11.9. The summed E-state index contributed by atoms with van der Waals surface area (Å²) in [6.45, 7) is 3.29. The van der Waals surface area contributed by atoms with Crippen LogP contribution in [0.1, 0.15) is 19.8 Å². The van der Waals surface area contributed by atoms with Gasteiger partial charge in [-0.2, -0.15) is 4.98 Å². The van der Waals surface area contributed by atoms with Crippen LogP contribution in [-0.4, -0.2) is 43.7 Å². The van der Waals surface area contributed by atoms with Crippen molar-refractivity contribution in [3.8, 4) is 0 Å². The molecule has 9 nitrogen and oxygen atoms in total. The van der Waals surface area contributed by atoms with Crippen molar-refractivity contribution in [2.75, 3.05) is 18.0 Å². The van der Waals surface area contributed by atoms with Crippen molar-refractivity contribution < 1.29 is 9.90 Å². The molecule has 9 heteroatoms. The van der Waals surface area contributed by atoms with E-state index in [0.717, 1.165) is 0 Å². The largest absolute Gasteiger partial charge is 0.481 e. The smallest absolute Gasteiger partial charge is 0.330 e. The minimum atomic E-state index is -0.777. The van der Waals surface area contributed by atoms with Crippen molar-refractivity contribution in [3.05, 3.63) is 20.8 Å².